The van der Waals surface area contributed by atoms with Gasteiger partial charge in [0.2, 0.25) is 11.8 Å². The molecule has 2 amide bonds. The first kappa shape index (κ1) is 17.6. The SMILES string of the molecule is CC1CC1CC(=O)NC1CCC(CNC(=O)Cc2cc(C3CC3)on2)C1. The predicted octanol–water partition coefficient (Wildman–Crippen LogP) is 2.54. The molecule has 4 atom stereocenters. The molecule has 3 aliphatic carbocycles. The van der Waals surface area contributed by atoms with Gasteiger partial charge < -0.3 is 15.2 Å². The second-order valence-corrected chi connectivity index (χ2v) is 8.60. The van der Waals surface area contributed by atoms with Gasteiger partial charge in [0, 0.05) is 31.0 Å². The van der Waals surface area contributed by atoms with Crippen LogP contribution in [0.4, 0.5) is 0 Å². The van der Waals surface area contributed by atoms with Crippen molar-refractivity contribution in [1.29, 1.82) is 0 Å². The zero-order chi connectivity index (χ0) is 18.1. The maximum absolute atomic E-state index is 12.1. The molecule has 0 bridgehead atoms. The average molecular weight is 359 g/mol. The molecule has 3 aliphatic rings. The number of aromatic nitrogens is 1. The monoisotopic (exact) mass is 359 g/mol. The summed E-state index contributed by atoms with van der Waals surface area (Å²) < 4.78 is 5.29. The Labute approximate surface area is 154 Å². The van der Waals surface area contributed by atoms with E-state index in [0.29, 0.717) is 30.7 Å². The highest BCUT2D eigenvalue weighted by atomic mass is 16.5. The van der Waals surface area contributed by atoms with Crippen LogP contribution < -0.4 is 10.6 Å². The molecule has 2 N–H and O–H groups in total. The minimum absolute atomic E-state index is 0.00384. The van der Waals surface area contributed by atoms with Crippen molar-refractivity contribution in [2.45, 2.75) is 70.3 Å². The molecule has 6 nitrogen and oxygen atoms in total. The number of rotatable bonds is 8. The number of carbonyl (C=O) groups excluding carboxylic acids is 2. The highest BCUT2D eigenvalue weighted by Crippen LogP contribution is 2.41. The quantitative estimate of drug-likeness (QED) is 0.747. The summed E-state index contributed by atoms with van der Waals surface area (Å²) in [5.74, 6) is 3.41. The van der Waals surface area contributed by atoms with E-state index in [4.69, 9.17) is 4.52 Å². The Balaban J connectivity index is 1.13. The van der Waals surface area contributed by atoms with Crippen molar-refractivity contribution in [3.05, 3.63) is 17.5 Å². The molecule has 0 aromatic carbocycles. The highest BCUT2D eigenvalue weighted by molar-refractivity contribution is 5.78. The third-order valence-electron chi connectivity index (χ3n) is 6.12. The van der Waals surface area contributed by atoms with Gasteiger partial charge >= 0.3 is 0 Å². The van der Waals surface area contributed by atoms with Crippen LogP contribution in [-0.4, -0.2) is 29.6 Å². The zero-order valence-corrected chi connectivity index (χ0v) is 15.5. The minimum atomic E-state index is -0.00384. The van der Waals surface area contributed by atoms with Gasteiger partial charge in [0.05, 0.1) is 12.1 Å². The fourth-order valence-electron chi connectivity index (χ4n) is 4.06. The van der Waals surface area contributed by atoms with E-state index in [1.807, 2.05) is 6.07 Å². The summed E-state index contributed by atoms with van der Waals surface area (Å²) in [5, 5.41) is 10.2. The van der Waals surface area contributed by atoms with Crippen molar-refractivity contribution < 1.29 is 14.1 Å². The van der Waals surface area contributed by atoms with E-state index >= 15 is 0 Å². The lowest BCUT2D eigenvalue weighted by Gasteiger charge is -2.14. The smallest absolute Gasteiger partial charge is 0.226 e. The van der Waals surface area contributed by atoms with Gasteiger partial charge in [-0.1, -0.05) is 12.1 Å². The first-order valence-electron chi connectivity index (χ1n) is 10.1. The largest absolute Gasteiger partial charge is 0.361 e. The summed E-state index contributed by atoms with van der Waals surface area (Å²) in [6.07, 6.45) is 7.52. The lowest BCUT2D eigenvalue weighted by atomic mass is 10.1. The van der Waals surface area contributed by atoms with E-state index in [1.54, 1.807) is 0 Å². The molecule has 0 saturated heterocycles. The van der Waals surface area contributed by atoms with Crippen LogP contribution in [-0.2, 0) is 16.0 Å². The van der Waals surface area contributed by atoms with Crippen LogP contribution in [0.2, 0.25) is 0 Å². The molecule has 0 aliphatic heterocycles. The summed E-state index contributed by atoms with van der Waals surface area (Å²) in [6, 6.07) is 2.19. The van der Waals surface area contributed by atoms with Crippen LogP contribution in [0.3, 0.4) is 0 Å². The fraction of sp³-hybridized carbons (Fsp3) is 0.750. The molecule has 6 heteroatoms. The molecule has 1 aromatic heterocycles. The third kappa shape index (κ3) is 4.65. The van der Waals surface area contributed by atoms with E-state index < -0.39 is 0 Å². The summed E-state index contributed by atoms with van der Waals surface area (Å²) >= 11 is 0. The Kier molecular flexibility index (Phi) is 5.00. The van der Waals surface area contributed by atoms with E-state index in [-0.39, 0.29) is 24.3 Å². The van der Waals surface area contributed by atoms with Crippen LogP contribution in [0.5, 0.6) is 0 Å². The molecule has 3 fully saturated rings. The van der Waals surface area contributed by atoms with Gasteiger partial charge in [-0.3, -0.25) is 9.59 Å². The van der Waals surface area contributed by atoms with Gasteiger partial charge in [0.25, 0.3) is 0 Å². The maximum atomic E-state index is 12.1. The molecular formula is C20H29N3O3. The van der Waals surface area contributed by atoms with E-state index in [2.05, 4.69) is 22.7 Å². The number of nitrogens with one attached hydrogen (secondary N) is 2. The number of nitrogens with zero attached hydrogens (tertiary/aromatic N) is 1. The van der Waals surface area contributed by atoms with Gasteiger partial charge in [-0.05, 0) is 56.3 Å². The lowest BCUT2D eigenvalue weighted by molar-refractivity contribution is -0.122. The van der Waals surface area contributed by atoms with Crippen LogP contribution in [0, 0.1) is 17.8 Å². The molecule has 1 heterocycles. The van der Waals surface area contributed by atoms with E-state index in [0.717, 1.165) is 36.6 Å². The second kappa shape index (κ2) is 7.41. The fourth-order valence-corrected chi connectivity index (χ4v) is 4.06. The standard InChI is InChI=1S/C20H29N3O3/c1-12-6-15(12)8-20(25)22-16-5-2-13(7-16)11-21-19(24)10-17-9-18(26-23-17)14-3-4-14/h9,12-16H,2-8,10-11H2,1H3,(H,21,24)(H,22,25). The molecule has 0 radical (unpaired) electrons. The molecule has 4 rings (SSSR count). The van der Waals surface area contributed by atoms with Gasteiger partial charge in [-0.15, -0.1) is 0 Å². The number of hydrogen-bond acceptors (Lipinski definition) is 4. The second-order valence-electron chi connectivity index (χ2n) is 8.60. The van der Waals surface area contributed by atoms with Gasteiger partial charge in [-0.25, -0.2) is 0 Å². The van der Waals surface area contributed by atoms with Gasteiger partial charge in [0.15, 0.2) is 0 Å². The van der Waals surface area contributed by atoms with Crippen molar-refractivity contribution in [1.82, 2.24) is 15.8 Å². The van der Waals surface area contributed by atoms with Crippen LogP contribution in [0.15, 0.2) is 10.6 Å². The Morgan fingerprint density at radius 2 is 2.00 bits per heavy atom. The highest BCUT2D eigenvalue weighted by Gasteiger charge is 2.35. The lowest BCUT2D eigenvalue weighted by Crippen LogP contribution is -2.34. The van der Waals surface area contributed by atoms with Crippen molar-refractivity contribution in [2.75, 3.05) is 6.54 Å². The molecule has 26 heavy (non-hydrogen) atoms. The molecular weight excluding hydrogens is 330 g/mol. The summed E-state index contributed by atoms with van der Waals surface area (Å²) in [6.45, 7) is 2.89. The van der Waals surface area contributed by atoms with E-state index in [9.17, 15) is 9.59 Å². The molecule has 1 aromatic rings. The van der Waals surface area contributed by atoms with Crippen LogP contribution >= 0.6 is 0 Å². The summed E-state index contributed by atoms with van der Waals surface area (Å²) in [4.78, 5) is 24.1. The Hall–Kier alpha value is -1.85. The van der Waals surface area contributed by atoms with Crippen molar-refractivity contribution in [3.63, 3.8) is 0 Å². The van der Waals surface area contributed by atoms with Gasteiger partial charge in [0.1, 0.15) is 5.76 Å². The van der Waals surface area contributed by atoms with Crippen molar-refractivity contribution in [2.24, 2.45) is 17.8 Å². The Bertz CT molecular complexity index is 667. The van der Waals surface area contributed by atoms with Crippen molar-refractivity contribution >= 4 is 11.8 Å². The first-order valence-corrected chi connectivity index (χ1v) is 10.1. The third-order valence-corrected chi connectivity index (χ3v) is 6.12. The maximum Gasteiger partial charge on any atom is 0.226 e. The molecule has 3 saturated carbocycles. The average Bonchev–Trinajstić information content (AvgIpc) is 3.46. The number of amides is 2. The van der Waals surface area contributed by atoms with Crippen LogP contribution in [0.1, 0.15) is 69.2 Å². The summed E-state index contributed by atoms with van der Waals surface area (Å²) in [5.41, 5.74) is 0.718. The minimum Gasteiger partial charge on any atom is -0.361 e. The first-order chi connectivity index (χ1) is 12.6. The van der Waals surface area contributed by atoms with E-state index in [1.165, 1.54) is 19.3 Å². The molecule has 4 unspecified atom stereocenters. The molecule has 0 spiro atoms. The van der Waals surface area contributed by atoms with Crippen molar-refractivity contribution in [3.8, 4) is 0 Å². The Morgan fingerprint density at radius 1 is 1.19 bits per heavy atom. The topological polar surface area (TPSA) is 84.2 Å². The number of carbonyl (C=O) groups is 2. The normalized spacial score (nSPS) is 30.2. The predicted molar refractivity (Wildman–Crippen MR) is 96.4 cm³/mol. The molecule has 142 valence electrons. The number of hydrogen-bond donors (Lipinski definition) is 2. The Morgan fingerprint density at radius 3 is 2.73 bits per heavy atom. The van der Waals surface area contributed by atoms with Crippen LogP contribution in [0.25, 0.3) is 0 Å². The summed E-state index contributed by atoms with van der Waals surface area (Å²) in [7, 11) is 0. The zero-order valence-electron chi connectivity index (χ0n) is 15.5. The van der Waals surface area contributed by atoms with Gasteiger partial charge in [-0.2, -0.15) is 0 Å².